The quantitative estimate of drug-likeness (QED) is 0.549. The molecule has 6 heteroatoms. The smallest absolute Gasteiger partial charge is 0.350 e. The van der Waals surface area contributed by atoms with Crippen LogP contribution in [0.15, 0.2) is 0 Å². The molecule has 0 unspecified atom stereocenters. The van der Waals surface area contributed by atoms with E-state index >= 15 is 0 Å². The molecule has 6 nitrogen and oxygen atoms in total. The Kier molecular flexibility index (Phi) is 6.95. The Morgan fingerprint density at radius 2 is 1.55 bits per heavy atom. The molecule has 1 aliphatic rings. The molecule has 20 heavy (non-hydrogen) atoms. The largest absolute Gasteiger partial charge is 0.463 e. The summed E-state index contributed by atoms with van der Waals surface area (Å²) in [7, 11) is 0. The molecule has 0 amide bonds. The molecule has 0 atom stereocenters. The zero-order chi connectivity index (χ0) is 15.0. The molecular weight excluding hydrogens is 262 g/mol. The van der Waals surface area contributed by atoms with Crippen molar-refractivity contribution in [1.29, 1.82) is 0 Å². The minimum absolute atomic E-state index is 0.00463. The molecule has 1 saturated heterocycles. The molecule has 0 aromatic rings. The maximum absolute atomic E-state index is 11.9. The normalized spacial score (nSPS) is 16.8. The van der Waals surface area contributed by atoms with Crippen molar-refractivity contribution in [3.8, 4) is 0 Å². The van der Waals surface area contributed by atoms with Crippen LogP contribution in [0.2, 0.25) is 0 Å². The summed E-state index contributed by atoms with van der Waals surface area (Å²) >= 11 is 0. The number of ether oxygens (including phenoxy) is 2. The average Bonchev–Trinajstić information content (AvgIpc) is 2.46. The second kappa shape index (κ2) is 8.21. The number of piperidine rings is 1. The number of hydrogen-bond donors (Lipinski definition) is 1. The van der Waals surface area contributed by atoms with Crippen LogP contribution in [-0.4, -0.2) is 60.4 Å². The molecule has 116 valence electrons. The third-order valence-electron chi connectivity index (χ3n) is 3.46. The van der Waals surface area contributed by atoms with E-state index in [0.29, 0.717) is 6.54 Å². The van der Waals surface area contributed by atoms with Crippen molar-refractivity contribution in [3.63, 3.8) is 0 Å². The topological polar surface area (TPSA) is 76.1 Å². The van der Waals surface area contributed by atoms with Crippen LogP contribution in [0.1, 0.15) is 39.5 Å². The van der Waals surface area contributed by atoms with Gasteiger partial charge in [0.15, 0.2) is 0 Å². The second-order valence-electron chi connectivity index (χ2n) is 4.95. The molecule has 0 saturated carbocycles. The van der Waals surface area contributed by atoms with Crippen molar-refractivity contribution < 1.29 is 24.2 Å². The van der Waals surface area contributed by atoms with Gasteiger partial charge in [0.05, 0.1) is 13.2 Å². The van der Waals surface area contributed by atoms with Crippen molar-refractivity contribution in [1.82, 2.24) is 4.90 Å². The second-order valence-corrected chi connectivity index (χ2v) is 4.95. The minimum Gasteiger partial charge on any atom is -0.463 e. The first kappa shape index (κ1) is 16.9. The van der Waals surface area contributed by atoms with Crippen LogP contribution in [0.4, 0.5) is 0 Å². The number of likely N-dealkylation sites (tertiary alicyclic amines) is 1. The van der Waals surface area contributed by atoms with Crippen molar-refractivity contribution in [2.75, 3.05) is 32.8 Å². The van der Waals surface area contributed by atoms with Crippen LogP contribution in [-0.2, 0) is 19.1 Å². The standard InChI is InChI=1S/C14H25NO5/c1-3-19-12(16)14(18,13(17)20-4-2)8-11-15-9-6-5-7-10-15/h18H,3-11H2,1-2H3. The SMILES string of the molecule is CCOC(=O)C(O)(CCN1CCCCC1)C(=O)OCC. The molecule has 1 heterocycles. The van der Waals surface area contributed by atoms with E-state index in [1.54, 1.807) is 13.8 Å². The van der Waals surface area contributed by atoms with Crippen LogP contribution in [0.5, 0.6) is 0 Å². The third-order valence-corrected chi connectivity index (χ3v) is 3.46. The van der Waals surface area contributed by atoms with E-state index in [0.717, 1.165) is 25.9 Å². The number of hydrogen-bond acceptors (Lipinski definition) is 6. The molecule has 0 aliphatic carbocycles. The molecule has 0 spiro atoms. The van der Waals surface area contributed by atoms with Crippen LogP contribution in [0, 0.1) is 0 Å². The van der Waals surface area contributed by atoms with Crippen LogP contribution in [0.3, 0.4) is 0 Å². The number of esters is 2. The number of aliphatic hydroxyl groups is 1. The van der Waals surface area contributed by atoms with Crippen molar-refractivity contribution in [2.45, 2.75) is 45.1 Å². The maximum atomic E-state index is 11.9. The van der Waals surface area contributed by atoms with E-state index < -0.39 is 17.5 Å². The Hall–Kier alpha value is -1.14. The Balaban J connectivity index is 2.65. The molecular formula is C14H25NO5. The summed E-state index contributed by atoms with van der Waals surface area (Å²) < 4.78 is 9.61. The number of carbonyl (C=O) groups excluding carboxylic acids is 2. The van der Waals surface area contributed by atoms with E-state index in [1.165, 1.54) is 6.42 Å². The molecule has 1 rings (SSSR count). The Labute approximate surface area is 120 Å². The number of carbonyl (C=O) groups is 2. The number of nitrogens with zero attached hydrogens (tertiary/aromatic N) is 1. The van der Waals surface area contributed by atoms with Crippen LogP contribution in [0.25, 0.3) is 0 Å². The van der Waals surface area contributed by atoms with Gasteiger partial charge in [0.2, 0.25) is 0 Å². The highest BCUT2D eigenvalue weighted by molar-refractivity contribution is 6.03. The van der Waals surface area contributed by atoms with Gasteiger partial charge in [-0.15, -0.1) is 0 Å². The summed E-state index contributed by atoms with van der Waals surface area (Å²) in [4.78, 5) is 25.9. The molecule has 1 N–H and O–H groups in total. The summed E-state index contributed by atoms with van der Waals surface area (Å²) in [6.07, 6.45) is 3.43. The summed E-state index contributed by atoms with van der Waals surface area (Å²) in [5, 5.41) is 10.4. The monoisotopic (exact) mass is 287 g/mol. The fourth-order valence-electron chi connectivity index (χ4n) is 2.29. The summed E-state index contributed by atoms with van der Waals surface area (Å²) in [5.41, 5.74) is -2.19. The zero-order valence-electron chi connectivity index (χ0n) is 12.4. The minimum atomic E-state index is -2.19. The molecule has 0 bridgehead atoms. The fourth-order valence-corrected chi connectivity index (χ4v) is 2.29. The molecule has 1 fully saturated rings. The molecule has 1 aliphatic heterocycles. The highest BCUT2D eigenvalue weighted by atomic mass is 16.6. The van der Waals surface area contributed by atoms with Gasteiger partial charge in [-0.1, -0.05) is 6.42 Å². The van der Waals surface area contributed by atoms with Gasteiger partial charge in [0.25, 0.3) is 5.60 Å². The molecule has 0 aromatic heterocycles. The lowest BCUT2D eigenvalue weighted by Crippen LogP contribution is -2.51. The molecule has 0 aromatic carbocycles. The van der Waals surface area contributed by atoms with Gasteiger partial charge < -0.3 is 19.5 Å². The Morgan fingerprint density at radius 3 is 2.00 bits per heavy atom. The summed E-state index contributed by atoms with van der Waals surface area (Å²) in [6.45, 7) is 5.84. The van der Waals surface area contributed by atoms with Gasteiger partial charge in [0, 0.05) is 13.0 Å². The predicted octanol–water partition coefficient (Wildman–Crippen LogP) is 0.720. The lowest BCUT2D eigenvalue weighted by molar-refractivity contribution is -0.184. The zero-order valence-corrected chi connectivity index (χ0v) is 12.4. The van der Waals surface area contributed by atoms with Crippen molar-refractivity contribution in [2.24, 2.45) is 0 Å². The van der Waals surface area contributed by atoms with Crippen molar-refractivity contribution in [3.05, 3.63) is 0 Å². The first-order valence-electron chi connectivity index (χ1n) is 7.33. The van der Waals surface area contributed by atoms with E-state index in [1.807, 2.05) is 0 Å². The third kappa shape index (κ3) is 4.45. The predicted molar refractivity (Wildman–Crippen MR) is 73.1 cm³/mol. The van der Waals surface area contributed by atoms with E-state index in [4.69, 9.17) is 9.47 Å². The van der Waals surface area contributed by atoms with Gasteiger partial charge in [-0.2, -0.15) is 0 Å². The fraction of sp³-hybridized carbons (Fsp3) is 0.857. The van der Waals surface area contributed by atoms with Gasteiger partial charge in [0.1, 0.15) is 0 Å². The number of rotatable bonds is 7. The average molecular weight is 287 g/mol. The van der Waals surface area contributed by atoms with Crippen LogP contribution >= 0.6 is 0 Å². The Bertz CT molecular complexity index is 308. The molecule has 0 radical (unpaired) electrons. The van der Waals surface area contributed by atoms with Gasteiger partial charge in [-0.3, -0.25) is 0 Å². The van der Waals surface area contributed by atoms with Crippen molar-refractivity contribution >= 4 is 11.9 Å². The summed E-state index contributed by atoms with van der Waals surface area (Å²) in [6, 6.07) is 0. The highest BCUT2D eigenvalue weighted by Crippen LogP contribution is 2.18. The lowest BCUT2D eigenvalue weighted by Gasteiger charge is -2.30. The first-order chi connectivity index (χ1) is 9.54. The maximum Gasteiger partial charge on any atom is 0.350 e. The van der Waals surface area contributed by atoms with E-state index in [-0.39, 0.29) is 19.6 Å². The summed E-state index contributed by atoms with van der Waals surface area (Å²) in [5.74, 6) is -1.84. The van der Waals surface area contributed by atoms with E-state index in [2.05, 4.69) is 4.90 Å². The lowest BCUT2D eigenvalue weighted by atomic mass is 9.99. The van der Waals surface area contributed by atoms with Crippen LogP contribution < -0.4 is 0 Å². The Morgan fingerprint density at radius 1 is 1.05 bits per heavy atom. The van der Waals surface area contributed by atoms with E-state index in [9.17, 15) is 14.7 Å². The van der Waals surface area contributed by atoms with Gasteiger partial charge >= 0.3 is 11.9 Å². The van der Waals surface area contributed by atoms with Gasteiger partial charge in [-0.25, -0.2) is 9.59 Å². The first-order valence-corrected chi connectivity index (χ1v) is 7.33. The van der Waals surface area contributed by atoms with Gasteiger partial charge in [-0.05, 0) is 39.8 Å². The highest BCUT2D eigenvalue weighted by Gasteiger charge is 2.47.